The number of nitrogens with one attached hydrogen (secondary N) is 1. The number of benzene rings is 2. The number of rotatable bonds is 5. The third-order valence-electron chi connectivity index (χ3n) is 3.88. The molecular formula is C19H18F2N2O2. The number of anilines is 1. The van der Waals surface area contributed by atoms with Crippen molar-refractivity contribution in [1.82, 2.24) is 4.90 Å². The fourth-order valence-electron chi connectivity index (χ4n) is 2.41. The van der Waals surface area contributed by atoms with Crippen molar-refractivity contribution >= 4 is 17.5 Å². The Balaban J connectivity index is 2.26. The lowest BCUT2D eigenvalue weighted by Gasteiger charge is -2.26. The van der Waals surface area contributed by atoms with E-state index in [4.69, 9.17) is 0 Å². The van der Waals surface area contributed by atoms with E-state index in [1.807, 2.05) is 0 Å². The van der Waals surface area contributed by atoms with Crippen LogP contribution in [-0.4, -0.2) is 23.8 Å². The van der Waals surface area contributed by atoms with Crippen molar-refractivity contribution in [2.75, 3.05) is 12.4 Å². The molecule has 0 heterocycles. The highest BCUT2D eigenvalue weighted by Crippen LogP contribution is 2.26. The Morgan fingerprint density at radius 1 is 1.16 bits per heavy atom. The number of hydrogen-bond acceptors (Lipinski definition) is 2. The number of amides is 2. The molecule has 2 aromatic rings. The van der Waals surface area contributed by atoms with E-state index in [-0.39, 0.29) is 11.1 Å². The van der Waals surface area contributed by atoms with Gasteiger partial charge in [0.1, 0.15) is 11.6 Å². The minimum absolute atomic E-state index is 0.172. The summed E-state index contributed by atoms with van der Waals surface area (Å²) in [5.41, 5.74) is 0.538. The zero-order valence-electron chi connectivity index (χ0n) is 13.9. The largest absolute Gasteiger partial charge is 0.335 e. The van der Waals surface area contributed by atoms with Crippen LogP contribution in [0, 0.1) is 11.6 Å². The second-order valence-corrected chi connectivity index (χ2v) is 5.50. The highest BCUT2D eigenvalue weighted by atomic mass is 19.1. The molecule has 2 amide bonds. The number of carbonyl (C=O) groups excluding carboxylic acids is 2. The number of halogens is 2. The van der Waals surface area contributed by atoms with E-state index in [0.29, 0.717) is 5.69 Å². The van der Waals surface area contributed by atoms with Crippen LogP contribution < -0.4 is 5.32 Å². The van der Waals surface area contributed by atoms with Crippen molar-refractivity contribution in [2.45, 2.75) is 13.0 Å². The van der Waals surface area contributed by atoms with Gasteiger partial charge in [0.15, 0.2) is 0 Å². The fourth-order valence-corrected chi connectivity index (χ4v) is 2.41. The Labute approximate surface area is 144 Å². The van der Waals surface area contributed by atoms with Gasteiger partial charge < -0.3 is 10.2 Å². The predicted molar refractivity (Wildman–Crippen MR) is 92.1 cm³/mol. The first kappa shape index (κ1) is 18.3. The molecule has 0 saturated carbocycles. The van der Waals surface area contributed by atoms with Crippen molar-refractivity contribution in [2.24, 2.45) is 0 Å². The molecule has 25 heavy (non-hydrogen) atoms. The summed E-state index contributed by atoms with van der Waals surface area (Å²) in [5.74, 6) is -2.25. The first-order chi connectivity index (χ1) is 11.8. The second kappa shape index (κ2) is 7.70. The summed E-state index contributed by atoms with van der Waals surface area (Å²) in [7, 11) is 1.47. The van der Waals surface area contributed by atoms with Crippen LogP contribution in [0.4, 0.5) is 14.5 Å². The molecule has 2 rings (SSSR count). The maximum Gasteiger partial charge on any atom is 0.254 e. The number of nitrogens with zero attached hydrogens (tertiary/aromatic N) is 1. The summed E-state index contributed by atoms with van der Waals surface area (Å²) in [6.45, 7) is 4.90. The monoisotopic (exact) mass is 344 g/mol. The summed E-state index contributed by atoms with van der Waals surface area (Å²) >= 11 is 0. The van der Waals surface area contributed by atoms with Crippen LogP contribution in [-0.2, 0) is 4.79 Å². The van der Waals surface area contributed by atoms with Crippen LogP contribution in [0.25, 0.3) is 0 Å². The second-order valence-electron chi connectivity index (χ2n) is 5.50. The van der Waals surface area contributed by atoms with Gasteiger partial charge in [-0.1, -0.05) is 18.7 Å². The van der Waals surface area contributed by atoms with Gasteiger partial charge in [0.2, 0.25) is 5.91 Å². The van der Waals surface area contributed by atoms with Gasteiger partial charge >= 0.3 is 0 Å². The Bertz CT molecular complexity index is 801. The van der Waals surface area contributed by atoms with Gasteiger partial charge in [-0.3, -0.25) is 9.59 Å². The van der Waals surface area contributed by atoms with Gasteiger partial charge in [-0.25, -0.2) is 8.78 Å². The number of carbonyl (C=O) groups is 2. The summed E-state index contributed by atoms with van der Waals surface area (Å²) in [5, 5.41) is 2.56. The van der Waals surface area contributed by atoms with Gasteiger partial charge in [-0.2, -0.15) is 0 Å². The Morgan fingerprint density at radius 3 is 2.36 bits per heavy atom. The maximum absolute atomic E-state index is 13.9. The molecule has 0 fully saturated rings. The van der Waals surface area contributed by atoms with Gasteiger partial charge in [0.25, 0.3) is 5.91 Å². The van der Waals surface area contributed by atoms with E-state index in [9.17, 15) is 18.4 Å². The SMILES string of the molecule is C=CC(=O)Nc1cccc(C(=O)N(C)C(C)c2c(F)cccc2F)c1. The van der Waals surface area contributed by atoms with E-state index in [1.54, 1.807) is 25.1 Å². The molecule has 0 spiro atoms. The molecule has 0 aliphatic carbocycles. The summed E-state index contributed by atoms with van der Waals surface area (Å²) in [6, 6.07) is 9.05. The maximum atomic E-state index is 13.9. The van der Waals surface area contributed by atoms with Gasteiger partial charge in [-0.15, -0.1) is 0 Å². The van der Waals surface area contributed by atoms with Gasteiger partial charge in [0, 0.05) is 23.9 Å². The topological polar surface area (TPSA) is 49.4 Å². The van der Waals surface area contributed by atoms with Crippen molar-refractivity contribution in [3.8, 4) is 0 Å². The summed E-state index contributed by atoms with van der Waals surface area (Å²) < 4.78 is 27.9. The first-order valence-electron chi connectivity index (χ1n) is 7.59. The van der Waals surface area contributed by atoms with E-state index in [2.05, 4.69) is 11.9 Å². The third-order valence-corrected chi connectivity index (χ3v) is 3.88. The molecule has 0 aliphatic heterocycles. The molecule has 0 aliphatic rings. The summed E-state index contributed by atoms with van der Waals surface area (Å²) in [4.78, 5) is 25.2. The molecule has 1 atom stereocenters. The molecule has 0 bridgehead atoms. The molecule has 130 valence electrons. The van der Waals surface area contributed by atoms with Crippen LogP contribution in [0.15, 0.2) is 55.1 Å². The van der Waals surface area contributed by atoms with Gasteiger partial charge in [0.05, 0.1) is 6.04 Å². The van der Waals surface area contributed by atoms with E-state index in [1.165, 1.54) is 24.1 Å². The fraction of sp³-hybridized carbons (Fsp3) is 0.158. The lowest BCUT2D eigenvalue weighted by Crippen LogP contribution is -2.30. The first-order valence-corrected chi connectivity index (χ1v) is 7.59. The highest BCUT2D eigenvalue weighted by molar-refractivity contribution is 6.00. The van der Waals surface area contributed by atoms with E-state index < -0.39 is 29.5 Å². The molecule has 6 heteroatoms. The van der Waals surface area contributed by atoms with Crippen LogP contribution in [0.2, 0.25) is 0 Å². The van der Waals surface area contributed by atoms with Crippen LogP contribution in [0.5, 0.6) is 0 Å². The molecule has 0 aromatic heterocycles. The molecule has 4 nitrogen and oxygen atoms in total. The van der Waals surface area contributed by atoms with Gasteiger partial charge in [-0.05, 0) is 43.3 Å². The molecule has 0 radical (unpaired) electrons. The average molecular weight is 344 g/mol. The van der Waals surface area contributed by atoms with Crippen LogP contribution >= 0.6 is 0 Å². The Hall–Kier alpha value is -3.02. The standard InChI is InChI=1S/C19H18F2N2O2/c1-4-17(24)22-14-8-5-7-13(11-14)19(25)23(3)12(2)18-15(20)9-6-10-16(18)21/h4-12H,1H2,2-3H3,(H,22,24). The average Bonchev–Trinajstić information content (AvgIpc) is 2.60. The number of hydrogen-bond donors (Lipinski definition) is 1. The van der Waals surface area contributed by atoms with Crippen LogP contribution in [0.3, 0.4) is 0 Å². The van der Waals surface area contributed by atoms with E-state index >= 15 is 0 Å². The molecule has 0 saturated heterocycles. The zero-order valence-corrected chi connectivity index (χ0v) is 13.9. The van der Waals surface area contributed by atoms with Crippen molar-refractivity contribution < 1.29 is 18.4 Å². The quantitative estimate of drug-likeness (QED) is 0.836. The van der Waals surface area contributed by atoms with E-state index in [0.717, 1.165) is 18.2 Å². The minimum atomic E-state index is -0.805. The predicted octanol–water partition coefficient (Wildman–Crippen LogP) is 3.92. The normalized spacial score (nSPS) is 11.5. The molecular weight excluding hydrogens is 326 g/mol. The Morgan fingerprint density at radius 2 is 1.76 bits per heavy atom. The molecule has 1 N–H and O–H groups in total. The Kier molecular flexibility index (Phi) is 5.64. The molecule has 1 unspecified atom stereocenters. The van der Waals surface area contributed by atoms with Crippen molar-refractivity contribution in [3.63, 3.8) is 0 Å². The summed E-state index contributed by atoms with van der Waals surface area (Å²) in [6.07, 6.45) is 1.11. The highest BCUT2D eigenvalue weighted by Gasteiger charge is 2.24. The third kappa shape index (κ3) is 4.09. The smallest absolute Gasteiger partial charge is 0.254 e. The van der Waals surface area contributed by atoms with Crippen LogP contribution in [0.1, 0.15) is 28.9 Å². The van der Waals surface area contributed by atoms with Crippen molar-refractivity contribution in [3.05, 3.63) is 77.9 Å². The lowest BCUT2D eigenvalue weighted by atomic mass is 10.0. The minimum Gasteiger partial charge on any atom is -0.335 e. The zero-order chi connectivity index (χ0) is 18.6. The molecule has 2 aromatic carbocycles. The van der Waals surface area contributed by atoms with Crippen molar-refractivity contribution in [1.29, 1.82) is 0 Å². The lowest BCUT2D eigenvalue weighted by molar-refractivity contribution is -0.111.